The molecule has 0 radical (unpaired) electrons. The van der Waals surface area contributed by atoms with Gasteiger partial charge in [0, 0.05) is 12.6 Å². The standard InChI is InChI=1S/C15H20F3N3O2.ClH/c16-15(17,18)10-6-11(13(23)20-8-10)21-12(22)7-14(9-19)4-2-1-3-5-14;/h6,8H,1-5,7,9,19H2,(H,20,23)(H,21,22);1H. The normalized spacial score (nSPS) is 17.0. The predicted octanol–water partition coefficient (Wildman–Crippen LogP) is 3.05. The van der Waals surface area contributed by atoms with Gasteiger partial charge >= 0.3 is 6.18 Å². The van der Waals surface area contributed by atoms with E-state index in [0.717, 1.165) is 32.1 Å². The van der Waals surface area contributed by atoms with Crippen molar-refractivity contribution in [2.24, 2.45) is 11.1 Å². The highest BCUT2D eigenvalue weighted by Gasteiger charge is 2.34. The number of hydrogen-bond acceptors (Lipinski definition) is 3. The summed E-state index contributed by atoms with van der Waals surface area (Å²) in [6, 6.07) is 0.646. The lowest BCUT2D eigenvalue weighted by Crippen LogP contribution is -2.37. The summed E-state index contributed by atoms with van der Waals surface area (Å²) in [6.07, 6.45) is 0.789. The molecular formula is C15H21ClF3N3O2. The van der Waals surface area contributed by atoms with Gasteiger partial charge < -0.3 is 16.0 Å². The van der Waals surface area contributed by atoms with Gasteiger partial charge in [0.25, 0.3) is 5.56 Å². The molecule has 5 nitrogen and oxygen atoms in total. The molecule has 0 bridgehead atoms. The number of pyridine rings is 1. The van der Waals surface area contributed by atoms with Crippen molar-refractivity contribution in [1.82, 2.24) is 4.98 Å². The molecule has 1 aliphatic rings. The van der Waals surface area contributed by atoms with E-state index < -0.39 is 28.9 Å². The first kappa shape index (κ1) is 20.5. The van der Waals surface area contributed by atoms with Gasteiger partial charge in [-0.1, -0.05) is 19.3 Å². The van der Waals surface area contributed by atoms with Crippen LogP contribution in [0, 0.1) is 5.41 Å². The molecular weight excluding hydrogens is 347 g/mol. The topological polar surface area (TPSA) is 88.0 Å². The maximum atomic E-state index is 12.7. The molecule has 0 unspecified atom stereocenters. The Bertz CT molecular complexity index is 625. The Kier molecular flexibility index (Phi) is 6.86. The number of amides is 1. The van der Waals surface area contributed by atoms with Crippen LogP contribution in [0.4, 0.5) is 18.9 Å². The summed E-state index contributed by atoms with van der Waals surface area (Å²) in [5.41, 5.74) is 3.29. The maximum Gasteiger partial charge on any atom is 0.417 e. The highest BCUT2D eigenvalue weighted by molar-refractivity contribution is 5.91. The first-order chi connectivity index (χ1) is 10.8. The number of carbonyl (C=O) groups is 1. The second kappa shape index (κ2) is 8.02. The fourth-order valence-corrected chi connectivity index (χ4v) is 3.03. The third-order valence-corrected chi connectivity index (χ3v) is 4.39. The molecule has 1 aromatic rings. The molecule has 0 atom stereocenters. The third kappa shape index (κ3) is 4.98. The van der Waals surface area contributed by atoms with Gasteiger partial charge in [-0.3, -0.25) is 9.59 Å². The highest BCUT2D eigenvalue weighted by Crippen LogP contribution is 2.38. The van der Waals surface area contributed by atoms with Crippen molar-refractivity contribution in [2.75, 3.05) is 11.9 Å². The molecule has 1 fully saturated rings. The molecule has 0 spiro atoms. The molecule has 4 N–H and O–H groups in total. The monoisotopic (exact) mass is 367 g/mol. The number of H-pyrrole nitrogens is 1. The molecule has 1 aromatic heterocycles. The second-order valence-electron chi connectivity index (χ2n) is 6.12. The zero-order valence-electron chi connectivity index (χ0n) is 13.0. The Morgan fingerprint density at radius 3 is 2.46 bits per heavy atom. The fraction of sp³-hybridized carbons (Fsp3) is 0.600. The van der Waals surface area contributed by atoms with Crippen LogP contribution in [0.5, 0.6) is 0 Å². The molecule has 1 saturated carbocycles. The highest BCUT2D eigenvalue weighted by atomic mass is 35.5. The lowest BCUT2D eigenvalue weighted by atomic mass is 9.71. The molecule has 24 heavy (non-hydrogen) atoms. The third-order valence-electron chi connectivity index (χ3n) is 4.39. The van der Waals surface area contributed by atoms with Crippen molar-refractivity contribution >= 4 is 24.0 Å². The summed E-state index contributed by atoms with van der Waals surface area (Å²) in [4.78, 5) is 25.8. The van der Waals surface area contributed by atoms with Crippen molar-refractivity contribution in [1.29, 1.82) is 0 Å². The molecule has 9 heteroatoms. The van der Waals surface area contributed by atoms with Gasteiger partial charge in [0.05, 0.1) is 5.56 Å². The molecule has 136 valence electrons. The van der Waals surface area contributed by atoms with Gasteiger partial charge in [-0.25, -0.2) is 0 Å². The number of hydrogen-bond donors (Lipinski definition) is 3. The lowest BCUT2D eigenvalue weighted by Gasteiger charge is -2.35. The van der Waals surface area contributed by atoms with Crippen LogP contribution in [0.25, 0.3) is 0 Å². The molecule has 0 aromatic carbocycles. The second-order valence-corrected chi connectivity index (χ2v) is 6.12. The minimum absolute atomic E-state index is 0. The SMILES string of the molecule is Cl.NCC1(CC(=O)Nc2cc(C(F)(F)F)c[nH]c2=O)CCCCC1. The van der Waals surface area contributed by atoms with Crippen molar-refractivity contribution < 1.29 is 18.0 Å². The number of halogens is 4. The minimum Gasteiger partial charge on any atom is -0.330 e. The molecule has 1 amide bonds. The average Bonchev–Trinajstić information content (AvgIpc) is 2.49. The number of anilines is 1. The van der Waals surface area contributed by atoms with E-state index >= 15 is 0 Å². The van der Waals surface area contributed by atoms with E-state index in [1.54, 1.807) is 0 Å². The predicted molar refractivity (Wildman–Crippen MR) is 87.1 cm³/mol. The van der Waals surface area contributed by atoms with E-state index in [1.165, 1.54) is 0 Å². The smallest absolute Gasteiger partial charge is 0.330 e. The Balaban J connectivity index is 0.00000288. The number of rotatable bonds is 4. The van der Waals surface area contributed by atoms with Crippen LogP contribution >= 0.6 is 12.4 Å². The number of nitrogens with two attached hydrogens (primary N) is 1. The van der Waals surface area contributed by atoms with Crippen LogP contribution in [0.2, 0.25) is 0 Å². The number of carbonyl (C=O) groups excluding carboxylic acids is 1. The fourth-order valence-electron chi connectivity index (χ4n) is 3.03. The summed E-state index contributed by atoms with van der Waals surface area (Å²) >= 11 is 0. The van der Waals surface area contributed by atoms with Crippen molar-refractivity contribution in [2.45, 2.75) is 44.7 Å². The number of aromatic amines is 1. The van der Waals surface area contributed by atoms with Crippen LogP contribution in [-0.2, 0) is 11.0 Å². The van der Waals surface area contributed by atoms with Crippen molar-refractivity contribution in [3.8, 4) is 0 Å². The first-order valence-corrected chi connectivity index (χ1v) is 7.56. The Hall–Kier alpha value is -1.54. The van der Waals surface area contributed by atoms with Gasteiger partial charge in [-0.15, -0.1) is 12.4 Å². The Morgan fingerprint density at radius 1 is 1.29 bits per heavy atom. The van der Waals surface area contributed by atoms with Crippen LogP contribution in [0.3, 0.4) is 0 Å². The van der Waals surface area contributed by atoms with Crippen LogP contribution in [0.1, 0.15) is 44.1 Å². The molecule has 1 aliphatic carbocycles. The molecule has 1 heterocycles. The maximum absolute atomic E-state index is 12.7. The quantitative estimate of drug-likeness (QED) is 0.764. The summed E-state index contributed by atoms with van der Waals surface area (Å²) in [7, 11) is 0. The zero-order chi connectivity index (χ0) is 17.1. The molecule has 2 rings (SSSR count). The van der Waals surface area contributed by atoms with E-state index in [9.17, 15) is 22.8 Å². The summed E-state index contributed by atoms with van der Waals surface area (Å²) in [5, 5.41) is 2.29. The average molecular weight is 368 g/mol. The summed E-state index contributed by atoms with van der Waals surface area (Å²) in [6.45, 7) is 0.347. The van der Waals surface area contributed by atoms with Crippen LogP contribution in [-0.4, -0.2) is 17.4 Å². The van der Waals surface area contributed by atoms with E-state index in [1.807, 2.05) is 4.98 Å². The largest absolute Gasteiger partial charge is 0.417 e. The van der Waals surface area contributed by atoms with E-state index in [0.29, 0.717) is 18.8 Å². The van der Waals surface area contributed by atoms with Gasteiger partial charge in [0.15, 0.2) is 0 Å². The van der Waals surface area contributed by atoms with E-state index in [2.05, 4.69) is 5.32 Å². The van der Waals surface area contributed by atoms with E-state index in [-0.39, 0.29) is 24.2 Å². The van der Waals surface area contributed by atoms with E-state index in [4.69, 9.17) is 5.73 Å². The number of nitrogens with one attached hydrogen (secondary N) is 2. The minimum atomic E-state index is -4.59. The summed E-state index contributed by atoms with van der Waals surface area (Å²) < 4.78 is 38.0. The van der Waals surface area contributed by atoms with Gasteiger partial charge in [0.2, 0.25) is 5.91 Å². The van der Waals surface area contributed by atoms with Gasteiger partial charge in [0.1, 0.15) is 5.69 Å². The summed E-state index contributed by atoms with van der Waals surface area (Å²) in [5.74, 6) is -0.484. The first-order valence-electron chi connectivity index (χ1n) is 7.56. The van der Waals surface area contributed by atoms with Gasteiger partial charge in [-0.2, -0.15) is 13.2 Å². The lowest BCUT2D eigenvalue weighted by molar-refractivity contribution is -0.137. The zero-order valence-corrected chi connectivity index (χ0v) is 13.9. The Morgan fingerprint density at radius 2 is 1.92 bits per heavy atom. The molecule has 0 saturated heterocycles. The number of aromatic nitrogens is 1. The number of alkyl halides is 3. The molecule has 0 aliphatic heterocycles. The van der Waals surface area contributed by atoms with Crippen molar-refractivity contribution in [3.05, 3.63) is 28.2 Å². The Labute approximate surface area is 143 Å². The van der Waals surface area contributed by atoms with Gasteiger partial charge in [-0.05, 0) is 30.9 Å². The van der Waals surface area contributed by atoms with Crippen molar-refractivity contribution in [3.63, 3.8) is 0 Å². The van der Waals surface area contributed by atoms with Crippen LogP contribution < -0.4 is 16.6 Å². The van der Waals surface area contributed by atoms with Crippen LogP contribution in [0.15, 0.2) is 17.1 Å².